The Labute approximate surface area is 103 Å². The van der Waals surface area contributed by atoms with E-state index in [0.717, 1.165) is 44.1 Å². The first kappa shape index (κ1) is 12.6. The molecule has 0 amide bonds. The van der Waals surface area contributed by atoms with Gasteiger partial charge in [0.05, 0.1) is 6.20 Å². The first-order valence-corrected chi connectivity index (χ1v) is 6.62. The van der Waals surface area contributed by atoms with Crippen molar-refractivity contribution in [2.75, 3.05) is 26.2 Å². The van der Waals surface area contributed by atoms with E-state index in [9.17, 15) is 0 Å². The van der Waals surface area contributed by atoms with E-state index in [2.05, 4.69) is 23.7 Å². The molecule has 0 saturated carbocycles. The van der Waals surface area contributed by atoms with Gasteiger partial charge in [-0.15, -0.1) is 0 Å². The highest BCUT2D eigenvalue weighted by molar-refractivity contribution is 5.04. The van der Waals surface area contributed by atoms with Crippen LogP contribution in [0.15, 0.2) is 10.6 Å². The van der Waals surface area contributed by atoms with Crippen LogP contribution in [0.2, 0.25) is 0 Å². The van der Waals surface area contributed by atoms with Crippen LogP contribution in [0.4, 0.5) is 0 Å². The summed E-state index contributed by atoms with van der Waals surface area (Å²) in [7, 11) is 0. The minimum atomic E-state index is 0.270. The fraction of sp³-hybridized carbons (Fsp3) is 0.769. The Balaban J connectivity index is 1.97. The SMILES string of the molecule is CCN1CCC(c2ncc(C(C)CN)o2)CC1. The Hall–Kier alpha value is -0.870. The molecular weight excluding hydrogens is 214 g/mol. The zero-order valence-electron chi connectivity index (χ0n) is 10.9. The van der Waals surface area contributed by atoms with E-state index < -0.39 is 0 Å². The molecule has 1 fully saturated rings. The van der Waals surface area contributed by atoms with E-state index in [1.807, 2.05) is 6.20 Å². The number of hydrogen-bond acceptors (Lipinski definition) is 4. The van der Waals surface area contributed by atoms with E-state index in [0.29, 0.717) is 12.5 Å². The van der Waals surface area contributed by atoms with Crippen LogP contribution in [0.3, 0.4) is 0 Å². The summed E-state index contributed by atoms with van der Waals surface area (Å²) >= 11 is 0. The second-order valence-electron chi connectivity index (χ2n) is 4.95. The summed E-state index contributed by atoms with van der Waals surface area (Å²) in [4.78, 5) is 6.89. The molecule has 0 spiro atoms. The second-order valence-corrected chi connectivity index (χ2v) is 4.95. The predicted octanol–water partition coefficient (Wildman–Crippen LogP) is 1.94. The van der Waals surface area contributed by atoms with Gasteiger partial charge in [-0.05, 0) is 32.5 Å². The summed E-state index contributed by atoms with van der Waals surface area (Å²) < 4.78 is 5.84. The highest BCUT2D eigenvalue weighted by Crippen LogP contribution is 2.28. The van der Waals surface area contributed by atoms with Crippen molar-refractivity contribution in [2.45, 2.75) is 38.5 Å². The quantitative estimate of drug-likeness (QED) is 0.869. The molecule has 1 unspecified atom stereocenters. The maximum Gasteiger partial charge on any atom is 0.197 e. The average molecular weight is 237 g/mol. The number of piperidine rings is 1. The molecule has 17 heavy (non-hydrogen) atoms. The van der Waals surface area contributed by atoms with Crippen molar-refractivity contribution in [3.05, 3.63) is 17.8 Å². The predicted molar refractivity (Wildman–Crippen MR) is 68.1 cm³/mol. The largest absolute Gasteiger partial charge is 0.445 e. The summed E-state index contributed by atoms with van der Waals surface area (Å²) in [5.41, 5.74) is 5.63. The maximum atomic E-state index is 5.84. The third-order valence-electron chi connectivity index (χ3n) is 3.76. The van der Waals surface area contributed by atoms with Crippen molar-refractivity contribution in [3.8, 4) is 0 Å². The van der Waals surface area contributed by atoms with Crippen LogP contribution in [0.1, 0.15) is 50.2 Å². The Morgan fingerprint density at radius 3 is 2.82 bits per heavy atom. The molecule has 1 saturated heterocycles. The van der Waals surface area contributed by atoms with Crippen molar-refractivity contribution < 1.29 is 4.42 Å². The summed E-state index contributed by atoms with van der Waals surface area (Å²) in [6.07, 6.45) is 4.16. The van der Waals surface area contributed by atoms with Crippen LogP contribution in [-0.2, 0) is 0 Å². The Morgan fingerprint density at radius 2 is 2.24 bits per heavy atom. The number of nitrogens with two attached hydrogens (primary N) is 1. The van der Waals surface area contributed by atoms with Gasteiger partial charge in [-0.3, -0.25) is 0 Å². The second kappa shape index (κ2) is 5.65. The number of hydrogen-bond donors (Lipinski definition) is 1. The van der Waals surface area contributed by atoms with Crippen LogP contribution < -0.4 is 5.73 Å². The van der Waals surface area contributed by atoms with Crippen molar-refractivity contribution in [1.29, 1.82) is 0 Å². The van der Waals surface area contributed by atoms with Crippen LogP contribution >= 0.6 is 0 Å². The van der Waals surface area contributed by atoms with E-state index in [-0.39, 0.29) is 5.92 Å². The van der Waals surface area contributed by atoms with Gasteiger partial charge in [-0.1, -0.05) is 13.8 Å². The molecule has 1 atom stereocenters. The molecule has 1 aromatic rings. The Bertz CT molecular complexity index is 342. The van der Waals surface area contributed by atoms with E-state index in [1.165, 1.54) is 0 Å². The first-order valence-electron chi connectivity index (χ1n) is 6.62. The molecule has 0 aromatic carbocycles. The van der Waals surface area contributed by atoms with Gasteiger partial charge in [0.2, 0.25) is 0 Å². The monoisotopic (exact) mass is 237 g/mol. The lowest BCUT2D eigenvalue weighted by Gasteiger charge is -2.29. The van der Waals surface area contributed by atoms with Crippen molar-refractivity contribution in [1.82, 2.24) is 9.88 Å². The zero-order chi connectivity index (χ0) is 12.3. The van der Waals surface area contributed by atoms with Crippen molar-refractivity contribution >= 4 is 0 Å². The number of oxazole rings is 1. The standard InChI is InChI=1S/C13H23N3O/c1-3-16-6-4-11(5-7-16)13-15-9-12(17-13)10(2)8-14/h9-11H,3-8,14H2,1-2H3. The number of nitrogens with zero attached hydrogens (tertiary/aromatic N) is 2. The third kappa shape index (κ3) is 2.87. The van der Waals surface area contributed by atoms with Gasteiger partial charge in [0.1, 0.15) is 5.76 Å². The molecule has 4 heteroatoms. The normalized spacial score (nSPS) is 20.6. The van der Waals surface area contributed by atoms with Crippen LogP contribution in [0, 0.1) is 0 Å². The molecule has 4 nitrogen and oxygen atoms in total. The minimum absolute atomic E-state index is 0.270. The molecule has 2 heterocycles. The minimum Gasteiger partial charge on any atom is -0.445 e. The van der Waals surface area contributed by atoms with Gasteiger partial charge in [0.15, 0.2) is 5.89 Å². The molecule has 2 rings (SSSR count). The van der Waals surface area contributed by atoms with Gasteiger partial charge in [0.25, 0.3) is 0 Å². The zero-order valence-corrected chi connectivity index (χ0v) is 10.9. The fourth-order valence-corrected chi connectivity index (χ4v) is 2.33. The molecule has 1 aliphatic heterocycles. The average Bonchev–Trinajstić information content (AvgIpc) is 2.87. The summed E-state index contributed by atoms with van der Waals surface area (Å²) in [6.45, 7) is 8.36. The Morgan fingerprint density at radius 1 is 1.53 bits per heavy atom. The molecule has 1 aromatic heterocycles. The van der Waals surface area contributed by atoms with Gasteiger partial charge >= 0.3 is 0 Å². The fourth-order valence-electron chi connectivity index (χ4n) is 2.33. The van der Waals surface area contributed by atoms with E-state index in [4.69, 9.17) is 10.2 Å². The number of likely N-dealkylation sites (tertiary alicyclic amines) is 1. The highest BCUT2D eigenvalue weighted by Gasteiger charge is 2.24. The van der Waals surface area contributed by atoms with Gasteiger partial charge in [-0.2, -0.15) is 0 Å². The third-order valence-corrected chi connectivity index (χ3v) is 3.76. The summed E-state index contributed by atoms with van der Waals surface area (Å²) in [5, 5.41) is 0. The number of aromatic nitrogens is 1. The van der Waals surface area contributed by atoms with Crippen molar-refractivity contribution in [2.24, 2.45) is 5.73 Å². The van der Waals surface area contributed by atoms with Gasteiger partial charge in [-0.25, -0.2) is 4.98 Å². The molecule has 1 aliphatic rings. The lowest BCUT2D eigenvalue weighted by atomic mass is 9.97. The lowest BCUT2D eigenvalue weighted by Crippen LogP contribution is -2.32. The highest BCUT2D eigenvalue weighted by atomic mass is 16.4. The topological polar surface area (TPSA) is 55.3 Å². The number of rotatable bonds is 4. The molecule has 2 N–H and O–H groups in total. The smallest absolute Gasteiger partial charge is 0.197 e. The molecule has 0 radical (unpaired) electrons. The van der Waals surface area contributed by atoms with E-state index in [1.54, 1.807) is 0 Å². The van der Waals surface area contributed by atoms with Crippen LogP contribution in [0.5, 0.6) is 0 Å². The van der Waals surface area contributed by atoms with Crippen LogP contribution in [0.25, 0.3) is 0 Å². The van der Waals surface area contributed by atoms with E-state index >= 15 is 0 Å². The molecule has 0 bridgehead atoms. The molecule has 96 valence electrons. The molecular formula is C13H23N3O. The molecule has 0 aliphatic carbocycles. The van der Waals surface area contributed by atoms with Crippen molar-refractivity contribution in [3.63, 3.8) is 0 Å². The first-order chi connectivity index (χ1) is 8.24. The van der Waals surface area contributed by atoms with Gasteiger partial charge < -0.3 is 15.1 Å². The maximum absolute atomic E-state index is 5.84. The summed E-state index contributed by atoms with van der Waals surface area (Å²) in [6, 6.07) is 0. The van der Waals surface area contributed by atoms with Crippen LogP contribution in [-0.4, -0.2) is 36.1 Å². The lowest BCUT2D eigenvalue weighted by molar-refractivity contribution is 0.207. The summed E-state index contributed by atoms with van der Waals surface area (Å²) in [5.74, 6) is 2.61. The van der Waals surface area contributed by atoms with Gasteiger partial charge in [0, 0.05) is 18.4 Å². The Kier molecular flexibility index (Phi) is 4.18.